The Morgan fingerprint density at radius 3 is 2.44 bits per heavy atom. The average molecular weight is 224 g/mol. The predicted molar refractivity (Wildman–Crippen MR) is 62.6 cm³/mol. The van der Waals surface area contributed by atoms with E-state index in [0.717, 1.165) is 17.8 Å². The Morgan fingerprint density at radius 2 is 2.00 bits per heavy atom. The molecule has 0 amide bonds. The van der Waals surface area contributed by atoms with Crippen molar-refractivity contribution in [3.63, 3.8) is 0 Å². The van der Waals surface area contributed by atoms with Gasteiger partial charge in [0.15, 0.2) is 0 Å². The van der Waals surface area contributed by atoms with Crippen LogP contribution in [0.15, 0.2) is 0 Å². The zero-order valence-corrected chi connectivity index (χ0v) is 10.6. The number of hydrogen-bond acceptors (Lipinski definition) is 3. The van der Waals surface area contributed by atoms with Gasteiger partial charge in [-0.15, -0.1) is 0 Å². The van der Waals surface area contributed by atoms with Crippen molar-refractivity contribution in [2.24, 2.45) is 5.92 Å². The highest BCUT2D eigenvalue weighted by molar-refractivity contribution is 5.92. The fraction of sp³-hybridized carbons (Fsp3) is 0.667. The fourth-order valence-corrected chi connectivity index (χ4v) is 1.70. The number of methoxy groups -OCH3 is 1. The van der Waals surface area contributed by atoms with Crippen LogP contribution >= 0.6 is 0 Å². The molecule has 0 aliphatic carbocycles. The number of nitrogens with zero attached hydrogens (tertiary/aromatic N) is 1. The SMILES string of the molecule is COC(=O)c1c(C(C)C)n[nH]c1CC(C)C. The minimum absolute atomic E-state index is 0.214. The molecular weight excluding hydrogens is 204 g/mol. The number of carbonyl (C=O) groups excluding carboxylic acids is 1. The second kappa shape index (κ2) is 5.14. The molecule has 0 atom stereocenters. The zero-order chi connectivity index (χ0) is 12.3. The van der Waals surface area contributed by atoms with E-state index in [1.807, 2.05) is 13.8 Å². The van der Waals surface area contributed by atoms with Gasteiger partial charge < -0.3 is 4.74 Å². The second-order valence-corrected chi connectivity index (χ2v) is 4.71. The standard InChI is InChI=1S/C12H20N2O2/c1-7(2)6-9-10(12(15)16-5)11(8(3)4)14-13-9/h7-8H,6H2,1-5H3,(H,13,14). The van der Waals surface area contributed by atoms with Crippen molar-refractivity contribution in [2.75, 3.05) is 7.11 Å². The molecule has 0 saturated heterocycles. The summed E-state index contributed by atoms with van der Waals surface area (Å²) in [5, 5.41) is 7.16. The summed E-state index contributed by atoms with van der Waals surface area (Å²) in [6.07, 6.45) is 0.810. The number of rotatable bonds is 4. The first-order valence-electron chi connectivity index (χ1n) is 5.62. The minimum atomic E-state index is -0.298. The summed E-state index contributed by atoms with van der Waals surface area (Å²) in [4.78, 5) is 11.7. The molecule has 0 aromatic carbocycles. The van der Waals surface area contributed by atoms with Crippen LogP contribution in [0.3, 0.4) is 0 Å². The molecule has 1 heterocycles. The van der Waals surface area contributed by atoms with Gasteiger partial charge in [-0.25, -0.2) is 4.79 Å². The van der Waals surface area contributed by atoms with Gasteiger partial charge in [-0.05, 0) is 18.3 Å². The Hall–Kier alpha value is -1.32. The molecule has 16 heavy (non-hydrogen) atoms. The number of esters is 1. The van der Waals surface area contributed by atoms with Gasteiger partial charge in [0.1, 0.15) is 5.56 Å². The molecule has 1 rings (SSSR count). The van der Waals surface area contributed by atoms with E-state index in [-0.39, 0.29) is 11.9 Å². The molecule has 0 aliphatic rings. The Labute approximate surface area is 96.4 Å². The summed E-state index contributed by atoms with van der Waals surface area (Å²) in [7, 11) is 1.40. The van der Waals surface area contributed by atoms with Crippen LogP contribution in [0.2, 0.25) is 0 Å². The highest BCUT2D eigenvalue weighted by atomic mass is 16.5. The van der Waals surface area contributed by atoms with Crippen molar-refractivity contribution in [3.8, 4) is 0 Å². The van der Waals surface area contributed by atoms with Crippen molar-refractivity contribution in [1.29, 1.82) is 0 Å². The highest BCUT2D eigenvalue weighted by Gasteiger charge is 2.22. The monoisotopic (exact) mass is 224 g/mol. The third kappa shape index (κ3) is 2.62. The maximum Gasteiger partial charge on any atom is 0.341 e. The van der Waals surface area contributed by atoms with E-state index >= 15 is 0 Å². The summed E-state index contributed by atoms with van der Waals surface area (Å²) < 4.78 is 4.81. The normalized spacial score (nSPS) is 11.2. The van der Waals surface area contributed by atoms with Crippen LogP contribution in [0.4, 0.5) is 0 Å². The summed E-state index contributed by atoms with van der Waals surface area (Å²) >= 11 is 0. The number of carbonyl (C=O) groups is 1. The molecule has 1 aromatic rings. The number of H-pyrrole nitrogens is 1. The quantitative estimate of drug-likeness (QED) is 0.799. The van der Waals surface area contributed by atoms with Gasteiger partial charge in [-0.3, -0.25) is 5.10 Å². The number of nitrogens with one attached hydrogen (secondary N) is 1. The molecule has 1 N–H and O–H groups in total. The van der Waals surface area contributed by atoms with Crippen molar-refractivity contribution in [3.05, 3.63) is 17.0 Å². The molecule has 0 unspecified atom stereocenters. The first kappa shape index (κ1) is 12.7. The Balaban J connectivity index is 3.14. The number of aromatic nitrogens is 2. The van der Waals surface area contributed by atoms with E-state index < -0.39 is 0 Å². The summed E-state index contributed by atoms with van der Waals surface area (Å²) in [5.41, 5.74) is 2.29. The molecule has 4 heteroatoms. The summed E-state index contributed by atoms with van der Waals surface area (Å²) in [6, 6.07) is 0. The lowest BCUT2D eigenvalue weighted by atomic mass is 9.99. The van der Waals surface area contributed by atoms with Crippen molar-refractivity contribution >= 4 is 5.97 Å². The maximum absolute atomic E-state index is 11.7. The predicted octanol–water partition coefficient (Wildman–Crippen LogP) is 2.52. The van der Waals surface area contributed by atoms with Gasteiger partial charge in [-0.2, -0.15) is 5.10 Å². The summed E-state index contributed by atoms with van der Waals surface area (Å²) in [6.45, 7) is 8.25. The van der Waals surface area contributed by atoms with Crippen LogP contribution in [-0.2, 0) is 11.2 Å². The highest BCUT2D eigenvalue weighted by Crippen LogP contribution is 2.22. The van der Waals surface area contributed by atoms with Crippen LogP contribution in [-0.4, -0.2) is 23.3 Å². The Bertz CT molecular complexity index is 367. The molecule has 4 nitrogen and oxygen atoms in total. The number of hydrogen-bond donors (Lipinski definition) is 1. The van der Waals surface area contributed by atoms with Crippen LogP contribution in [0.1, 0.15) is 55.4 Å². The van der Waals surface area contributed by atoms with Gasteiger partial charge >= 0.3 is 5.97 Å². The van der Waals surface area contributed by atoms with Crippen LogP contribution in [0.25, 0.3) is 0 Å². The molecule has 0 saturated carbocycles. The average Bonchev–Trinajstić information content (AvgIpc) is 2.59. The molecule has 0 bridgehead atoms. The second-order valence-electron chi connectivity index (χ2n) is 4.71. The lowest BCUT2D eigenvalue weighted by Crippen LogP contribution is -2.09. The minimum Gasteiger partial charge on any atom is -0.465 e. The van der Waals surface area contributed by atoms with E-state index in [2.05, 4.69) is 24.0 Å². The van der Waals surface area contributed by atoms with E-state index in [9.17, 15) is 4.79 Å². The first-order chi connectivity index (χ1) is 7.47. The number of aromatic amines is 1. The van der Waals surface area contributed by atoms with E-state index in [1.165, 1.54) is 7.11 Å². The lowest BCUT2D eigenvalue weighted by molar-refractivity contribution is 0.0597. The van der Waals surface area contributed by atoms with Crippen molar-refractivity contribution in [1.82, 2.24) is 10.2 Å². The van der Waals surface area contributed by atoms with Gasteiger partial charge in [0, 0.05) is 0 Å². The summed E-state index contributed by atoms with van der Waals surface area (Å²) in [5.74, 6) is 0.392. The van der Waals surface area contributed by atoms with Crippen molar-refractivity contribution < 1.29 is 9.53 Å². The molecular formula is C12H20N2O2. The van der Waals surface area contributed by atoms with Gasteiger partial charge in [0.05, 0.1) is 18.5 Å². The molecule has 0 fully saturated rings. The van der Waals surface area contributed by atoms with Crippen LogP contribution in [0, 0.1) is 5.92 Å². The van der Waals surface area contributed by atoms with E-state index in [4.69, 9.17) is 4.74 Å². The lowest BCUT2D eigenvalue weighted by Gasteiger charge is -2.07. The molecule has 0 aliphatic heterocycles. The molecule has 0 spiro atoms. The van der Waals surface area contributed by atoms with Crippen LogP contribution < -0.4 is 0 Å². The zero-order valence-electron chi connectivity index (χ0n) is 10.6. The molecule has 90 valence electrons. The fourth-order valence-electron chi connectivity index (χ4n) is 1.70. The van der Waals surface area contributed by atoms with E-state index in [0.29, 0.717) is 11.5 Å². The maximum atomic E-state index is 11.7. The molecule has 1 aromatic heterocycles. The Morgan fingerprint density at radius 1 is 1.38 bits per heavy atom. The first-order valence-corrected chi connectivity index (χ1v) is 5.62. The molecule has 0 radical (unpaired) electrons. The Kier molecular flexibility index (Phi) is 4.10. The van der Waals surface area contributed by atoms with Crippen molar-refractivity contribution in [2.45, 2.75) is 40.0 Å². The largest absolute Gasteiger partial charge is 0.465 e. The van der Waals surface area contributed by atoms with Gasteiger partial charge in [-0.1, -0.05) is 27.7 Å². The third-order valence-electron chi connectivity index (χ3n) is 2.42. The van der Waals surface area contributed by atoms with Gasteiger partial charge in [0.2, 0.25) is 0 Å². The smallest absolute Gasteiger partial charge is 0.341 e. The number of ether oxygens (including phenoxy) is 1. The van der Waals surface area contributed by atoms with E-state index in [1.54, 1.807) is 0 Å². The third-order valence-corrected chi connectivity index (χ3v) is 2.42. The topological polar surface area (TPSA) is 55.0 Å². The van der Waals surface area contributed by atoms with Crippen LogP contribution in [0.5, 0.6) is 0 Å². The van der Waals surface area contributed by atoms with Gasteiger partial charge in [0.25, 0.3) is 0 Å².